The molecule has 0 aliphatic rings. The minimum atomic E-state index is 0.841. The van der Waals surface area contributed by atoms with Gasteiger partial charge in [-0.3, -0.25) is 0 Å². The summed E-state index contributed by atoms with van der Waals surface area (Å²) in [6, 6.07) is 0. The third-order valence-electron chi connectivity index (χ3n) is 4.06. The molecule has 0 aliphatic carbocycles. The number of nitrogens with zero attached hydrogens (tertiary/aromatic N) is 4. The van der Waals surface area contributed by atoms with Crippen LogP contribution in [0.2, 0.25) is 0 Å². The van der Waals surface area contributed by atoms with Crippen LogP contribution in [0.5, 0.6) is 0 Å². The van der Waals surface area contributed by atoms with Crippen LogP contribution in [0.4, 0.5) is 11.5 Å². The van der Waals surface area contributed by atoms with E-state index in [0.717, 1.165) is 69.3 Å². The number of nitrogens with two attached hydrogens (primary N) is 1. The molecule has 122 valence electrons. The number of hydrogen-bond donors (Lipinski definition) is 1. The lowest BCUT2D eigenvalue weighted by atomic mass is 10.3. The molecule has 1 rings (SSSR count). The molecule has 0 aliphatic heterocycles. The van der Waals surface area contributed by atoms with Gasteiger partial charge in [-0.2, -0.15) is 5.10 Å². The summed E-state index contributed by atoms with van der Waals surface area (Å²) < 4.78 is 2.07. The fourth-order valence-corrected chi connectivity index (χ4v) is 2.72. The Morgan fingerprint density at radius 2 is 1.71 bits per heavy atom. The second-order valence-electron chi connectivity index (χ2n) is 5.51. The largest absolute Gasteiger partial charge is 0.394 e. The van der Waals surface area contributed by atoms with Crippen molar-refractivity contribution < 1.29 is 0 Å². The van der Waals surface area contributed by atoms with Crippen LogP contribution in [0.15, 0.2) is 0 Å². The summed E-state index contributed by atoms with van der Waals surface area (Å²) >= 11 is 0. The predicted octanol–water partition coefficient (Wildman–Crippen LogP) is 2.74. The van der Waals surface area contributed by atoms with Gasteiger partial charge in [0.05, 0.1) is 11.4 Å². The maximum atomic E-state index is 6.26. The SMILES string of the molecule is CCCn1nc(C)c(N)c1N(CC)CCCN(CC)CC. The van der Waals surface area contributed by atoms with E-state index in [1.807, 2.05) is 6.92 Å². The zero-order valence-corrected chi connectivity index (χ0v) is 14.5. The zero-order valence-electron chi connectivity index (χ0n) is 14.5. The maximum absolute atomic E-state index is 6.26. The first kappa shape index (κ1) is 17.8. The molecule has 0 spiro atoms. The maximum Gasteiger partial charge on any atom is 0.150 e. The first-order valence-corrected chi connectivity index (χ1v) is 8.39. The van der Waals surface area contributed by atoms with E-state index < -0.39 is 0 Å². The summed E-state index contributed by atoms with van der Waals surface area (Å²) in [5, 5.41) is 4.58. The third kappa shape index (κ3) is 4.63. The average molecular weight is 295 g/mol. The molecule has 5 heteroatoms. The topological polar surface area (TPSA) is 50.3 Å². The standard InChI is InChI=1S/C16H33N5/c1-6-11-21-16(15(17)14(5)18-21)20(9-4)13-10-12-19(7-2)8-3/h6-13,17H2,1-5H3. The molecule has 0 radical (unpaired) electrons. The van der Waals surface area contributed by atoms with Gasteiger partial charge < -0.3 is 15.5 Å². The first-order valence-electron chi connectivity index (χ1n) is 8.39. The molecule has 0 bridgehead atoms. The second-order valence-corrected chi connectivity index (χ2v) is 5.51. The van der Waals surface area contributed by atoms with Gasteiger partial charge in [0.15, 0.2) is 5.82 Å². The Labute approximate surface area is 130 Å². The minimum absolute atomic E-state index is 0.841. The highest BCUT2D eigenvalue weighted by molar-refractivity contribution is 5.66. The van der Waals surface area contributed by atoms with Crippen molar-refractivity contribution in [2.75, 3.05) is 43.4 Å². The van der Waals surface area contributed by atoms with Crippen LogP contribution >= 0.6 is 0 Å². The van der Waals surface area contributed by atoms with Gasteiger partial charge in [-0.25, -0.2) is 4.68 Å². The number of aryl methyl sites for hydroxylation is 2. The molecule has 0 aromatic carbocycles. The summed E-state index contributed by atoms with van der Waals surface area (Å²) in [7, 11) is 0. The van der Waals surface area contributed by atoms with E-state index >= 15 is 0 Å². The van der Waals surface area contributed by atoms with E-state index in [1.54, 1.807) is 0 Å². The van der Waals surface area contributed by atoms with Crippen molar-refractivity contribution in [2.45, 2.75) is 54.0 Å². The smallest absolute Gasteiger partial charge is 0.150 e. The molecule has 0 saturated heterocycles. The van der Waals surface area contributed by atoms with Crippen molar-refractivity contribution in [2.24, 2.45) is 0 Å². The van der Waals surface area contributed by atoms with Gasteiger partial charge in [-0.1, -0.05) is 20.8 Å². The van der Waals surface area contributed by atoms with Crippen LogP contribution in [0.3, 0.4) is 0 Å². The third-order valence-corrected chi connectivity index (χ3v) is 4.06. The molecule has 0 fully saturated rings. The van der Waals surface area contributed by atoms with Gasteiger partial charge in [-0.05, 0) is 46.3 Å². The number of nitrogen functional groups attached to an aromatic ring is 1. The van der Waals surface area contributed by atoms with Gasteiger partial charge >= 0.3 is 0 Å². The molecular formula is C16H33N5. The normalized spacial score (nSPS) is 11.3. The second kappa shape index (κ2) is 8.93. The van der Waals surface area contributed by atoms with Crippen LogP contribution < -0.4 is 10.6 Å². The molecular weight excluding hydrogens is 262 g/mol. The molecule has 0 unspecified atom stereocenters. The van der Waals surface area contributed by atoms with Crippen molar-refractivity contribution >= 4 is 11.5 Å². The Kier molecular flexibility index (Phi) is 7.57. The summed E-state index contributed by atoms with van der Waals surface area (Å²) in [4.78, 5) is 4.83. The Hall–Kier alpha value is -1.23. The van der Waals surface area contributed by atoms with E-state index in [9.17, 15) is 0 Å². The highest BCUT2D eigenvalue weighted by Gasteiger charge is 2.17. The van der Waals surface area contributed by atoms with Crippen molar-refractivity contribution in [1.29, 1.82) is 0 Å². The summed E-state index contributed by atoms with van der Waals surface area (Å²) in [6.07, 6.45) is 2.23. The minimum Gasteiger partial charge on any atom is -0.394 e. The molecule has 2 N–H and O–H groups in total. The van der Waals surface area contributed by atoms with E-state index in [0.29, 0.717) is 0 Å². The summed E-state index contributed by atoms with van der Waals surface area (Å²) in [5.41, 5.74) is 8.04. The van der Waals surface area contributed by atoms with Gasteiger partial charge in [0.25, 0.3) is 0 Å². The van der Waals surface area contributed by atoms with E-state index in [2.05, 4.69) is 47.3 Å². The Bertz CT molecular complexity index is 409. The first-order chi connectivity index (χ1) is 10.1. The predicted molar refractivity (Wildman–Crippen MR) is 92.0 cm³/mol. The molecule has 1 aromatic heterocycles. The number of rotatable bonds is 10. The van der Waals surface area contributed by atoms with Crippen molar-refractivity contribution in [3.63, 3.8) is 0 Å². The molecule has 0 amide bonds. The van der Waals surface area contributed by atoms with E-state index in [1.165, 1.54) is 0 Å². The van der Waals surface area contributed by atoms with E-state index in [4.69, 9.17) is 5.73 Å². The monoisotopic (exact) mass is 295 g/mol. The van der Waals surface area contributed by atoms with Gasteiger partial charge in [0.1, 0.15) is 0 Å². The fraction of sp³-hybridized carbons (Fsp3) is 0.812. The average Bonchev–Trinajstić information content (AvgIpc) is 2.75. The number of anilines is 2. The lowest BCUT2D eigenvalue weighted by molar-refractivity contribution is 0.300. The summed E-state index contributed by atoms with van der Waals surface area (Å²) in [5.74, 6) is 1.11. The summed E-state index contributed by atoms with van der Waals surface area (Å²) in [6.45, 7) is 17.1. The molecule has 5 nitrogen and oxygen atoms in total. The zero-order chi connectivity index (χ0) is 15.8. The molecule has 0 saturated carbocycles. The van der Waals surface area contributed by atoms with Crippen LogP contribution in [-0.4, -0.2) is 47.4 Å². The molecule has 1 heterocycles. The Morgan fingerprint density at radius 1 is 1.05 bits per heavy atom. The van der Waals surface area contributed by atoms with Crippen LogP contribution in [0.25, 0.3) is 0 Å². The number of hydrogen-bond acceptors (Lipinski definition) is 4. The van der Waals surface area contributed by atoms with Crippen LogP contribution in [0.1, 0.15) is 46.2 Å². The van der Waals surface area contributed by atoms with Crippen LogP contribution in [-0.2, 0) is 6.54 Å². The van der Waals surface area contributed by atoms with Gasteiger partial charge in [0, 0.05) is 19.6 Å². The van der Waals surface area contributed by atoms with Crippen molar-refractivity contribution in [1.82, 2.24) is 14.7 Å². The Balaban J connectivity index is 2.75. The highest BCUT2D eigenvalue weighted by atomic mass is 15.4. The highest BCUT2D eigenvalue weighted by Crippen LogP contribution is 2.26. The van der Waals surface area contributed by atoms with Crippen molar-refractivity contribution in [3.8, 4) is 0 Å². The molecule has 0 atom stereocenters. The van der Waals surface area contributed by atoms with Crippen LogP contribution in [0, 0.1) is 6.92 Å². The quantitative estimate of drug-likeness (QED) is 0.721. The van der Waals surface area contributed by atoms with Gasteiger partial charge in [-0.15, -0.1) is 0 Å². The number of aromatic nitrogens is 2. The Morgan fingerprint density at radius 3 is 2.24 bits per heavy atom. The van der Waals surface area contributed by atoms with Crippen molar-refractivity contribution in [3.05, 3.63) is 5.69 Å². The van der Waals surface area contributed by atoms with Gasteiger partial charge in [0.2, 0.25) is 0 Å². The molecule has 21 heavy (non-hydrogen) atoms. The lowest BCUT2D eigenvalue weighted by Crippen LogP contribution is -2.31. The van der Waals surface area contributed by atoms with E-state index in [-0.39, 0.29) is 0 Å². The fourth-order valence-electron chi connectivity index (χ4n) is 2.72. The molecule has 1 aromatic rings. The lowest BCUT2D eigenvalue weighted by Gasteiger charge is -2.26.